The first-order chi connectivity index (χ1) is 9.84. The summed E-state index contributed by atoms with van der Waals surface area (Å²) in [7, 11) is 0. The Morgan fingerprint density at radius 1 is 1.35 bits per heavy atom. The molecule has 4 nitrogen and oxygen atoms in total. The Bertz CT molecular complexity index is 443. The highest BCUT2D eigenvalue weighted by molar-refractivity contribution is 5.77. The highest BCUT2D eigenvalue weighted by Gasteiger charge is 2.31. The SMILES string of the molecule is O=C(C[C@@H]1CNCCO1)N1CCC[C@@H]1c1ccccc1. The highest BCUT2D eigenvalue weighted by atomic mass is 16.5. The van der Waals surface area contributed by atoms with Crippen molar-refractivity contribution < 1.29 is 9.53 Å². The van der Waals surface area contributed by atoms with E-state index in [1.54, 1.807) is 0 Å². The first-order valence-electron chi connectivity index (χ1n) is 7.51. The number of amides is 1. The zero-order valence-corrected chi connectivity index (χ0v) is 11.8. The van der Waals surface area contributed by atoms with Crippen molar-refractivity contribution in [3.8, 4) is 0 Å². The van der Waals surface area contributed by atoms with Crippen LogP contribution in [0.1, 0.15) is 30.9 Å². The smallest absolute Gasteiger partial charge is 0.225 e. The quantitative estimate of drug-likeness (QED) is 0.912. The Balaban J connectivity index is 1.64. The van der Waals surface area contributed by atoms with Crippen molar-refractivity contribution in [2.24, 2.45) is 0 Å². The fourth-order valence-corrected chi connectivity index (χ4v) is 3.15. The summed E-state index contributed by atoms with van der Waals surface area (Å²) in [5.74, 6) is 0.227. The minimum Gasteiger partial charge on any atom is -0.375 e. The van der Waals surface area contributed by atoms with Crippen LogP contribution in [0.25, 0.3) is 0 Å². The molecule has 1 aromatic carbocycles. The molecule has 2 aliphatic rings. The molecule has 0 aromatic heterocycles. The van der Waals surface area contributed by atoms with Crippen LogP contribution in [-0.4, -0.2) is 43.2 Å². The second kappa shape index (κ2) is 6.37. The van der Waals surface area contributed by atoms with E-state index in [-0.39, 0.29) is 18.1 Å². The van der Waals surface area contributed by atoms with Gasteiger partial charge in [0.25, 0.3) is 0 Å². The first kappa shape index (κ1) is 13.6. The molecule has 3 rings (SSSR count). The van der Waals surface area contributed by atoms with Crippen molar-refractivity contribution in [3.63, 3.8) is 0 Å². The molecule has 108 valence electrons. The molecule has 4 heteroatoms. The van der Waals surface area contributed by atoms with E-state index in [0.717, 1.165) is 32.5 Å². The van der Waals surface area contributed by atoms with Gasteiger partial charge in [0.2, 0.25) is 5.91 Å². The third-order valence-electron chi connectivity index (χ3n) is 4.16. The molecule has 2 atom stereocenters. The zero-order chi connectivity index (χ0) is 13.8. The normalized spacial score (nSPS) is 26.7. The van der Waals surface area contributed by atoms with Crippen LogP contribution >= 0.6 is 0 Å². The molecule has 2 saturated heterocycles. The topological polar surface area (TPSA) is 41.6 Å². The molecule has 0 saturated carbocycles. The van der Waals surface area contributed by atoms with E-state index in [1.807, 2.05) is 23.1 Å². The Hall–Kier alpha value is -1.39. The maximum Gasteiger partial charge on any atom is 0.225 e. The molecule has 2 aliphatic heterocycles. The first-order valence-corrected chi connectivity index (χ1v) is 7.51. The number of hydrogen-bond donors (Lipinski definition) is 1. The second-order valence-corrected chi connectivity index (χ2v) is 5.56. The number of nitrogens with one attached hydrogen (secondary N) is 1. The number of benzene rings is 1. The predicted molar refractivity (Wildman–Crippen MR) is 77.4 cm³/mol. The number of rotatable bonds is 3. The summed E-state index contributed by atoms with van der Waals surface area (Å²) in [5, 5.41) is 3.28. The summed E-state index contributed by atoms with van der Waals surface area (Å²) in [6.07, 6.45) is 2.69. The Morgan fingerprint density at radius 2 is 2.20 bits per heavy atom. The average molecular weight is 274 g/mol. The van der Waals surface area contributed by atoms with Crippen molar-refractivity contribution in [1.82, 2.24) is 10.2 Å². The number of carbonyl (C=O) groups excluding carboxylic acids is 1. The zero-order valence-electron chi connectivity index (χ0n) is 11.8. The second-order valence-electron chi connectivity index (χ2n) is 5.56. The third-order valence-corrected chi connectivity index (χ3v) is 4.16. The maximum absolute atomic E-state index is 12.5. The summed E-state index contributed by atoms with van der Waals surface area (Å²) in [6, 6.07) is 10.6. The van der Waals surface area contributed by atoms with Crippen molar-refractivity contribution in [3.05, 3.63) is 35.9 Å². The molecular weight excluding hydrogens is 252 g/mol. The van der Waals surface area contributed by atoms with Crippen molar-refractivity contribution >= 4 is 5.91 Å². The van der Waals surface area contributed by atoms with Gasteiger partial charge in [0.1, 0.15) is 0 Å². The minimum absolute atomic E-state index is 0.0354. The monoisotopic (exact) mass is 274 g/mol. The highest BCUT2D eigenvalue weighted by Crippen LogP contribution is 2.32. The lowest BCUT2D eigenvalue weighted by atomic mass is 10.0. The summed E-state index contributed by atoms with van der Waals surface area (Å²) < 4.78 is 5.64. The molecular formula is C16H22N2O2. The summed E-state index contributed by atoms with van der Waals surface area (Å²) >= 11 is 0. The fourth-order valence-electron chi connectivity index (χ4n) is 3.15. The molecule has 0 spiro atoms. The number of morpholine rings is 1. The van der Waals surface area contributed by atoms with Crippen LogP contribution in [-0.2, 0) is 9.53 Å². The summed E-state index contributed by atoms with van der Waals surface area (Å²) in [6.45, 7) is 3.26. The molecule has 2 heterocycles. The average Bonchev–Trinajstić information content (AvgIpc) is 2.99. The van der Waals surface area contributed by atoms with Gasteiger partial charge >= 0.3 is 0 Å². The number of nitrogens with zero attached hydrogens (tertiary/aromatic N) is 1. The summed E-state index contributed by atoms with van der Waals surface area (Å²) in [4.78, 5) is 14.6. The maximum atomic E-state index is 12.5. The van der Waals surface area contributed by atoms with E-state index in [4.69, 9.17) is 4.74 Å². The fraction of sp³-hybridized carbons (Fsp3) is 0.562. The van der Waals surface area contributed by atoms with Gasteiger partial charge in [-0.05, 0) is 18.4 Å². The molecule has 1 aromatic rings. The molecule has 0 aliphatic carbocycles. The van der Waals surface area contributed by atoms with Gasteiger partial charge in [0, 0.05) is 19.6 Å². The lowest BCUT2D eigenvalue weighted by molar-refractivity contribution is -0.135. The Kier molecular flexibility index (Phi) is 4.33. The van der Waals surface area contributed by atoms with Gasteiger partial charge in [-0.3, -0.25) is 4.79 Å². The number of likely N-dealkylation sites (tertiary alicyclic amines) is 1. The predicted octanol–water partition coefficient (Wildman–Crippen LogP) is 1.73. The lowest BCUT2D eigenvalue weighted by Crippen LogP contribution is -2.42. The van der Waals surface area contributed by atoms with Crippen LogP contribution in [0.4, 0.5) is 0 Å². The standard InChI is InChI=1S/C16H22N2O2/c19-16(11-14-12-17-8-10-20-14)18-9-4-7-15(18)13-5-2-1-3-6-13/h1-3,5-6,14-15,17H,4,7-12H2/t14-,15-/m1/s1. The van der Waals surface area contributed by atoms with Crippen molar-refractivity contribution in [1.29, 1.82) is 0 Å². The van der Waals surface area contributed by atoms with Crippen LogP contribution in [0.2, 0.25) is 0 Å². The van der Waals surface area contributed by atoms with Gasteiger partial charge < -0.3 is 15.0 Å². The van der Waals surface area contributed by atoms with Crippen molar-refractivity contribution in [2.45, 2.75) is 31.4 Å². The Labute approximate surface area is 120 Å². The van der Waals surface area contributed by atoms with E-state index in [2.05, 4.69) is 17.4 Å². The van der Waals surface area contributed by atoms with Crippen LogP contribution < -0.4 is 5.32 Å². The molecule has 0 unspecified atom stereocenters. The van der Waals surface area contributed by atoms with Gasteiger partial charge in [0.15, 0.2) is 0 Å². The van der Waals surface area contributed by atoms with E-state index >= 15 is 0 Å². The molecule has 1 N–H and O–H groups in total. The molecule has 20 heavy (non-hydrogen) atoms. The van der Waals surface area contributed by atoms with E-state index in [0.29, 0.717) is 13.0 Å². The van der Waals surface area contributed by atoms with E-state index in [1.165, 1.54) is 5.56 Å². The number of hydrogen-bond acceptors (Lipinski definition) is 3. The summed E-state index contributed by atoms with van der Waals surface area (Å²) in [5.41, 5.74) is 1.25. The Morgan fingerprint density at radius 3 is 2.95 bits per heavy atom. The number of ether oxygens (including phenoxy) is 1. The number of carbonyl (C=O) groups is 1. The molecule has 0 radical (unpaired) electrons. The van der Waals surface area contributed by atoms with Crippen molar-refractivity contribution in [2.75, 3.05) is 26.2 Å². The molecule has 0 bridgehead atoms. The largest absolute Gasteiger partial charge is 0.375 e. The van der Waals surface area contributed by atoms with Gasteiger partial charge in [-0.1, -0.05) is 30.3 Å². The third kappa shape index (κ3) is 3.02. The minimum atomic E-state index is 0.0354. The van der Waals surface area contributed by atoms with Crippen LogP contribution in [0, 0.1) is 0 Å². The molecule has 1 amide bonds. The van der Waals surface area contributed by atoms with E-state index in [9.17, 15) is 4.79 Å². The van der Waals surface area contributed by atoms with Crippen LogP contribution in [0.5, 0.6) is 0 Å². The van der Waals surface area contributed by atoms with Gasteiger partial charge in [0.05, 0.1) is 25.2 Å². The van der Waals surface area contributed by atoms with Crippen LogP contribution in [0.15, 0.2) is 30.3 Å². The molecule has 2 fully saturated rings. The van der Waals surface area contributed by atoms with Crippen LogP contribution in [0.3, 0.4) is 0 Å². The van der Waals surface area contributed by atoms with Gasteiger partial charge in [-0.2, -0.15) is 0 Å². The van der Waals surface area contributed by atoms with Gasteiger partial charge in [-0.15, -0.1) is 0 Å². The van der Waals surface area contributed by atoms with Gasteiger partial charge in [-0.25, -0.2) is 0 Å². The lowest BCUT2D eigenvalue weighted by Gasteiger charge is -2.29. The van der Waals surface area contributed by atoms with E-state index < -0.39 is 0 Å².